The smallest absolute Gasteiger partial charge is 0.247 e. The molecule has 5 heteroatoms. The van der Waals surface area contributed by atoms with Crippen molar-refractivity contribution in [1.82, 2.24) is 15.5 Å². The first-order valence-electron chi connectivity index (χ1n) is 9.48. The van der Waals surface area contributed by atoms with Gasteiger partial charge >= 0.3 is 0 Å². The van der Waals surface area contributed by atoms with Crippen molar-refractivity contribution in [3.05, 3.63) is 72.1 Å². The Morgan fingerprint density at radius 3 is 2.44 bits per heavy atom. The number of nitrogens with zero attached hydrogens (tertiary/aromatic N) is 2. The van der Waals surface area contributed by atoms with Gasteiger partial charge in [0.05, 0.1) is 6.04 Å². The molecule has 3 rings (SSSR count). The van der Waals surface area contributed by atoms with E-state index in [1.54, 1.807) is 0 Å². The number of rotatable bonds is 9. The zero-order chi connectivity index (χ0) is 18.9. The summed E-state index contributed by atoms with van der Waals surface area (Å²) in [4.78, 5) is 12.3. The highest BCUT2D eigenvalue weighted by atomic mass is 16.4. The summed E-state index contributed by atoms with van der Waals surface area (Å²) < 4.78 is 5.69. The number of amides is 1. The van der Waals surface area contributed by atoms with E-state index in [4.69, 9.17) is 4.42 Å². The van der Waals surface area contributed by atoms with Gasteiger partial charge in [-0.2, -0.15) is 0 Å². The molecular formula is C22H25N3O2. The lowest BCUT2D eigenvalue weighted by molar-refractivity contribution is -0.122. The van der Waals surface area contributed by atoms with Crippen LogP contribution in [0.2, 0.25) is 0 Å². The van der Waals surface area contributed by atoms with Crippen LogP contribution in [0.1, 0.15) is 50.1 Å². The molecule has 3 aromatic rings. The van der Waals surface area contributed by atoms with Crippen molar-refractivity contribution < 1.29 is 9.21 Å². The number of nitrogens with one attached hydrogen (secondary N) is 1. The predicted octanol–water partition coefficient (Wildman–Crippen LogP) is 4.72. The van der Waals surface area contributed by atoms with Crippen molar-refractivity contribution in [3.8, 4) is 11.5 Å². The van der Waals surface area contributed by atoms with Crippen molar-refractivity contribution in [1.29, 1.82) is 0 Å². The molecule has 2 aromatic carbocycles. The molecule has 1 N–H and O–H groups in total. The molecule has 1 aromatic heterocycles. The molecule has 0 aliphatic heterocycles. The minimum atomic E-state index is 0.0556. The first kappa shape index (κ1) is 18.8. The Morgan fingerprint density at radius 1 is 1.04 bits per heavy atom. The molecule has 27 heavy (non-hydrogen) atoms. The van der Waals surface area contributed by atoms with E-state index in [1.165, 1.54) is 0 Å². The molecule has 0 aliphatic carbocycles. The number of hydrogen-bond acceptors (Lipinski definition) is 4. The van der Waals surface area contributed by atoms with Crippen LogP contribution in [0.5, 0.6) is 0 Å². The van der Waals surface area contributed by atoms with Gasteiger partial charge < -0.3 is 9.73 Å². The monoisotopic (exact) mass is 363 g/mol. The van der Waals surface area contributed by atoms with Crippen LogP contribution >= 0.6 is 0 Å². The average molecular weight is 363 g/mol. The third kappa shape index (κ3) is 5.51. The molecule has 0 saturated carbocycles. The highest BCUT2D eigenvalue weighted by Crippen LogP contribution is 2.19. The minimum absolute atomic E-state index is 0.0556. The van der Waals surface area contributed by atoms with Crippen LogP contribution in [0.3, 0.4) is 0 Å². The van der Waals surface area contributed by atoms with E-state index in [2.05, 4.69) is 34.6 Å². The Balaban J connectivity index is 1.48. The number of aryl methyl sites for hydroxylation is 1. The van der Waals surface area contributed by atoms with E-state index in [-0.39, 0.29) is 11.9 Å². The lowest BCUT2D eigenvalue weighted by atomic mass is 10.0. The standard InChI is InChI=1S/C22H25N3O2/c1-2-10-19(17-11-5-3-6-12-17)23-20(26)15-9-16-21-24-25-22(27-21)18-13-7-4-8-14-18/h3-8,11-14,19H,2,9-10,15-16H2,1H3,(H,23,26)/t19-/m1/s1. The highest BCUT2D eigenvalue weighted by Gasteiger charge is 2.14. The molecule has 0 bridgehead atoms. The van der Waals surface area contributed by atoms with Gasteiger partial charge in [0.2, 0.25) is 17.7 Å². The third-order valence-electron chi connectivity index (χ3n) is 4.40. The zero-order valence-corrected chi connectivity index (χ0v) is 15.6. The summed E-state index contributed by atoms with van der Waals surface area (Å²) >= 11 is 0. The molecule has 140 valence electrons. The van der Waals surface area contributed by atoms with Gasteiger partial charge in [-0.05, 0) is 30.5 Å². The van der Waals surface area contributed by atoms with Crippen LogP contribution < -0.4 is 5.32 Å². The van der Waals surface area contributed by atoms with E-state index in [9.17, 15) is 4.79 Å². The molecule has 0 unspecified atom stereocenters. The van der Waals surface area contributed by atoms with Crippen LogP contribution in [0.15, 0.2) is 65.1 Å². The summed E-state index contributed by atoms with van der Waals surface area (Å²) in [5.41, 5.74) is 2.05. The summed E-state index contributed by atoms with van der Waals surface area (Å²) in [6, 6.07) is 19.9. The Bertz CT molecular complexity index is 831. The van der Waals surface area contributed by atoms with Gasteiger partial charge in [-0.15, -0.1) is 10.2 Å². The van der Waals surface area contributed by atoms with E-state index >= 15 is 0 Å². The SMILES string of the molecule is CCC[C@@H](NC(=O)CCCc1nnc(-c2ccccc2)o1)c1ccccc1. The molecule has 0 saturated heterocycles. The maximum absolute atomic E-state index is 12.3. The summed E-state index contributed by atoms with van der Waals surface area (Å²) in [5.74, 6) is 1.14. The topological polar surface area (TPSA) is 68.0 Å². The Hall–Kier alpha value is -2.95. The molecule has 1 amide bonds. The van der Waals surface area contributed by atoms with Gasteiger partial charge in [0.15, 0.2) is 0 Å². The molecule has 1 atom stereocenters. The summed E-state index contributed by atoms with van der Waals surface area (Å²) in [7, 11) is 0. The second-order valence-corrected chi connectivity index (χ2v) is 6.54. The van der Waals surface area contributed by atoms with Crippen LogP contribution in [0.4, 0.5) is 0 Å². The van der Waals surface area contributed by atoms with E-state index in [0.717, 1.165) is 24.0 Å². The first-order valence-corrected chi connectivity index (χ1v) is 9.48. The zero-order valence-electron chi connectivity index (χ0n) is 15.6. The fraction of sp³-hybridized carbons (Fsp3) is 0.318. The fourth-order valence-electron chi connectivity index (χ4n) is 3.01. The van der Waals surface area contributed by atoms with Crippen molar-refractivity contribution >= 4 is 5.91 Å². The molecule has 1 heterocycles. The van der Waals surface area contributed by atoms with E-state index in [1.807, 2.05) is 48.5 Å². The Labute approximate surface area is 159 Å². The van der Waals surface area contributed by atoms with Gasteiger partial charge in [-0.1, -0.05) is 61.9 Å². The van der Waals surface area contributed by atoms with Crippen LogP contribution in [0, 0.1) is 0 Å². The summed E-state index contributed by atoms with van der Waals surface area (Å²) in [6.07, 6.45) is 3.66. The van der Waals surface area contributed by atoms with Crippen molar-refractivity contribution in [2.45, 2.75) is 45.1 Å². The number of benzene rings is 2. The first-order chi connectivity index (χ1) is 13.3. The van der Waals surface area contributed by atoms with Gasteiger partial charge in [-0.3, -0.25) is 4.79 Å². The summed E-state index contributed by atoms with van der Waals surface area (Å²) in [5, 5.41) is 11.3. The second kappa shape index (κ2) is 9.67. The van der Waals surface area contributed by atoms with Crippen molar-refractivity contribution in [3.63, 3.8) is 0 Å². The Morgan fingerprint density at radius 2 is 1.74 bits per heavy atom. The lowest BCUT2D eigenvalue weighted by Gasteiger charge is -2.18. The third-order valence-corrected chi connectivity index (χ3v) is 4.40. The maximum Gasteiger partial charge on any atom is 0.247 e. The lowest BCUT2D eigenvalue weighted by Crippen LogP contribution is -2.28. The number of aromatic nitrogens is 2. The largest absolute Gasteiger partial charge is 0.421 e. The van der Waals surface area contributed by atoms with Gasteiger partial charge in [0.25, 0.3) is 0 Å². The van der Waals surface area contributed by atoms with Gasteiger partial charge in [-0.25, -0.2) is 0 Å². The molecule has 0 aliphatic rings. The summed E-state index contributed by atoms with van der Waals surface area (Å²) in [6.45, 7) is 2.13. The van der Waals surface area contributed by atoms with Crippen LogP contribution in [-0.4, -0.2) is 16.1 Å². The minimum Gasteiger partial charge on any atom is -0.421 e. The quantitative estimate of drug-likeness (QED) is 0.597. The Kier molecular flexibility index (Phi) is 6.74. The van der Waals surface area contributed by atoms with Crippen molar-refractivity contribution in [2.75, 3.05) is 0 Å². The normalized spacial score (nSPS) is 11.9. The molecule has 0 radical (unpaired) electrons. The van der Waals surface area contributed by atoms with Crippen molar-refractivity contribution in [2.24, 2.45) is 0 Å². The van der Waals surface area contributed by atoms with E-state index < -0.39 is 0 Å². The van der Waals surface area contributed by atoms with Gasteiger partial charge in [0.1, 0.15) is 0 Å². The molecule has 0 spiro atoms. The molecule has 0 fully saturated rings. The van der Waals surface area contributed by atoms with Gasteiger partial charge in [0, 0.05) is 18.4 Å². The fourth-order valence-corrected chi connectivity index (χ4v) is 3.01. The van der Waals surface area contributed by atoms with E-state index in [0.29, 0.717) is 31.0 Å². The maximum atomic E-state index is 12.3. The van der Waals surface area contributed by atoms with Crippen LogP contribution in [0.25, 0.3) is 11.5 Å². The molecular weight excluding hydrogens is 338 g/mol. The van der Waals surface area contributed by atoms with Crippen LogP contribution in [-0.2, 0) is 11.2 Å². The second-order valence-electron chi connectivity index (χ2n) is 6.54. The average Bonchev–Trinajstić information content (AvgIpc) is 3.18. The molecule has 5 nitrogen and oxygen atoms in total. The highest BCUT2D eigenvalue weighted by molar-refractivity contribution is 5.76. The predicted molar refractivity (Wildman–Crippen MR) is 105 cm³/mol. The number of carbonyl (C=O) groups is 1. The number of hydrogen-bond donors (Lipinski definition) is 1. The number of carbonyl (C=O) groups excluding carboxylic acids is 1.